The van der Waals surface area contributed by atoms with Gasteiger partial charge in [0.25, 0.3) is 5.91 Å². The zero-order chi connectivity index (χ0) is 16.0. The van der Waals surface area contributed by atoms with E-state index in [0.29, 0.717) is 18.1 Å². The molecule has 6 nitrogen and oxygen atoms in total. The number of carbonyl (C=O) groups excluding carboxylic acids is 1. The smallest absolute Gasteiger partial charge is 0.276 e. The molecule has 0 unspecified atom stereocenters. The van der Waals surface area contributed by atoms with Crippen LogP contribution in [0.4, 0.5) is 5.82 Å². The molecule has 0 aliphatic carbocycles. The third-order valence-electron chi connectivity index (χ3n) is 4.11. The molecule has 2 aromatic heterocycles. The first-order valence-corrected chi connectivity index (χ1v) is 7.65. The Kier molecular flexibility index (Phi) is 3.20. The first kappa shape index (κ1) is 14.0. The summed E-state index contributed by atoms with van der Waals surface area (Å²) < 4.78 is 2.22. The molecular formula is C16H14ClN5O. The normalized spacial score (nSPS) is 14.0. The van der Waals surface area contributed by atoms with Gasteiger partial charge in [-0.2, -0.15) is 0 Å². The molecule has 1 aliphatic heterocycles. The largest absolute Gasteiger partial charge is 0.382 e. The summed E-state index contributed by atoms with van der Waals surface area (Å²) in [5.74, 6) is -0.0273. The van der Waals surface area contributed by atoms with Crippen LogP contribution in [0.3, 0.4) is 0 Å². The van der Waals surface area contributed by atoms with Gasteiger partial charge in [-0.05, 0) is 24.3 Å². The van der Waals surface area contributed by atoms with Crippen molar-refractivity contribution < 1.29 is 4.79 Å². The molecule has 2 N–H and O–H groups in total. The van der Waals surface area contributed by atoms with E-state index in [1.165, 1.54) is 12.4 Å². The fourth-order valence-corrected chi connectivity index (χ4v) is 3.21. The second kappa shape index (κ2) is 5.24. The van der Waals surface area contributed by atoms with E-state index in [1.54, 1.807) is 4.90 Å². The van der Waals surface area contributed by atoms with Gasteiger partial charge in [0, 0.05) is 47.1 Å². The number of amides is 1. The average molecular weight is 328 g/mol. The maximum absolute atomic E-state index is 12.6. The highest BCUT2D eigenvalue weighted by Gasteiger charge is 2.25. The van der Waals surface area contributed by atoms with Crippen LogP contribution < -0.4 is 5.73 Å². The summed E-state index contributed by atoms with van der Waals surface area (Å²) in [5.41, 5.74) is 8.18. The first-order chi connectivity index (χ1) is 11.1. The molecular weight excluding hydrogens is 314 g/mol. The summed E-state index contributed by atoms with van der Waals surface area (Å²) in [6, 6.07) is 7.91. The van der Waals surface area contributed by atoms with E-state index in [-0.39, 0.29) is 17.4 Å². The highest BCUT2D eigenvalue weighted by molar-refractivity contribution is 6.31. The van der Waals surface area contributed by atoms with Crippen LogP contribution in [-0.2, 0) is 13.1 Å². The van der Waals surface area contributed by atoms with Crippen LogP contribution in [0.15, 0.2) is 36.7 Å². The lowest BCUT2D eigenvalue weighted by Gasteiger charge is -2.28. The van der Waals surface area contributed by atoms with Gasteiger partial charge in [0.1, 0.15) is 0 Å². The minimum absolute atomic E-state index is 0.162. The molecule has 0 fully saturated rings. The van der Waals surface area contributed by atoms with E-state index in [2.05, 4.69) is 20.6 Å². The van der Waals surface area contributed by atoms with Crippen LogP contribution >= 0.6 is 11.6 Å². The Morgan fingerprint density at radius 3 is 2.83 bits per heavy atom. The van der Waals surface area contributed by atoms with Crippen molar-refractivity contribution in [3.8, 4) is 0 Å². The molecule has 3 aromatic rings. The molecule has 0 radical (unpaired) electrons. The number of benzene rings is 1. The van der Waals surface area contributed by atoms with Gasteiger partial charge in [-0.1, -0.05) is 11.6 Å². The predicted molar refractivity (Wildman–Crippen MR) is 88.1 cm³/mol. The Morgan fingerprint density at radius 1 is 1.17 bits per heavy atom. The Balaban J connectivity index is 1.68. The van der Waals surface area contributed by atoms with Gasteiger partial charge in [0.05, 0.1) is 6.54 Å². The molecule has 7 heteroatoms. The van der Waals surface area contributed by atoms with Crippen LogP contribution in [0, 0.1) is 0 Å². The van der Waals surface area contributed by atoms with Crippen LogP contribution in [0.2, 0.25) is 5.02 Å². The molecule has 0 saturated carbocycles. The number of carbonyl (C=O) groups is 1. The molecule has 1 amide bonds. The molecule has 116 valence electrons. The fraction of sp³-hybridized carbons (Fsp3) is 0.188. The average Bonchev–Trinajstić information content (AvgIpc) is 2.91. The van der Waals surface area contributed by atoms with Gasteiger partial charge in [-0.25, -0.2) is 9.97 Å². The molecule has 1 aromatic carbocycles. The van der Waals surface area contributed by atoms with Crippen molar-refractivity contribution >= 4 is 34.2 Å². The van der Waals surface area contributed by atoms with Crippen molar-refractivity contribution in [3.05, 3.63) is 53.1 Å². The van der Waals surface area contributed by atoms with Gasteiger partial charge in [0.2, 0.25) is 0 Å². The number of fused-ring (bicyclic) bond motifs is 3. The highest BCUT2D eigenvalue weighted by Crippen LogP contribution is 2.27. The fourth-order valence-electron chi connectivity index (χ4n) is 3.03. The summed E-state index contributed by atoms with van der Waals surface area (Å²) in [4.78, 5) is 22.4. The van der Waals surface area contributed by atoms with E-state index >= 15 is 0 Å². The van der Waals surface area contributed by atoms with Gasteiger partial charge in [-0.3, -0.25) is 4.79 Å². The Morgan fingerprint density at radius 2 is 2.00 bits per heavy atom. The maximum Gasteiger partial charge on any atom is 0.276 e. The van der Waals surface area contributed by atoms with Gasteiger partial charge in [0.15, 0.2) is 11.5 Å². The SMILES string of the molecule is Nc1nccnc1C(=O)N1CCn2c(cc3cc(Cl)ccc32)C1. The topological polar surface area (TPSA) is 77.0 Å². The van der Waals surface area contributed by atoms with Crippen LogP contribution in [0.5, 0.6) is 0 Å². The Bertz CT molecular complexity index is 920. The number of hydrogen-bond donors (Lipinski definition) is 1. The second-order valence-corrected chi connectivity index (χ2v) is 5.94. The summed E-state index contributed by atoms with van der Waals surface area (Å²) in [7, 11) is 0. The van der Waals surface area contributed by atoms with Gasteiger partial charge < -0.3 is 15.2 Å². The van der Waals surface area contributed by atoms with E-state index in [0.717, 1.165) is 23.1 Å². The summed E-state index contributed by atoms with van der Waals surface area (Å²) in [5, 5.41) is 1.79. The number of aromatic nitrogens is 3. The third-order valence-corrected chi connectivity index (χ3v) is 4.35. The second-order valence-electron chi connectivity index (χ2n) is 5.51. The summed E-state index contributed by atoms with van der Waals surface area (Å²) in [6.45, 7) is 1.85. The minimum Gasteiger partial charge on any atom is -0.382 e. The van der Waals surface area contributed by atoms with Crippen LogP contribution in [-0.4, -0.2) is 31.9 Å². The molecule has 0 spiro atoms. The summed E-state index contributed by atoms with van der Waals surface area (Å²) >= 11 is 6.06. The molecule has 1 aliphatic rings. The standard InChI is InChI=1S/C16H14ClN5O/c17-11-1-2-13-10(7-11)8-12-9-21(5-6-22(12)13)16(23)14-15(18)20-4-3-19-14/h1-4,7-8H,5-6,9H2,(H2,18,20). The lowest BCUT2D eigenvalue weighted by molar-refractivity contribution is 0.0707. The van der Waals surface area contributed by atoms with E-state index in [1.807, 2.05) is 18.2 Å². The third kappa shape index (κ3) is 2.31. The Hall–Kier alpha value is -2.60. The molecule has 3 heterocycles. The lowest BCUT2D eigenvalue weighted by atomic mass is 10.2. The number of anilines is 1. The molecule has 0 saturated heterocycles. The number of nitrogens with two attached hydrogens (primary N) is 1. The molecule has 23 heavy (non-hydrogen) atoms. The molecule has 0 bridgehead atoms. The van der Waals surface area contributed by atoms with Crippen molar-refractivity contribution in [1.29, 1.82) is 0 Å². The highest BCUT2D eigenvalue weighted by atomic mass is 35.5. The van der Waals surface area contributed by atoms with Gasteiger partial charge >= 0.3 is 0 Å². The number of nitrogens with zero attached hydrogens (tertiary/aromatic N) is 4. The van der Waals surface area contributed by atoms with E-state index < -0.39 is 0 Å². The summed E-state index contributed by atoms with van der Waals surface area (Å²) in [6.07, 6.45) is 2.95. The lowest BCUT2D eigenvalue weighted by Crippen LogP contribution is -2.38. The number of rotatable bonds is 1. The zero-order valence-corrected chi connectivity index (χ0v) is 13.0. The van der Waals surface area contributed by atoms with Crippen molar-refractivity contribution in [2.75, 3.05) is 12.3 Å². The number of hydrogen-bond acceptors (Lipinski definition) is 4. The zero-order valence-electron chi connectivity index (χ0n) is 12.2. The van der Waals surface area contributed by atoms with Crippen LogP contribution in [0.25, 0.3) is 10.9 Å². The first-order valence-electron chi connectivity index (χ1n) is 7.27. The van der Waals surface area contributed by atoms with Crippen LogP contribution in [0.1, 0.15) is 16.2 Å². The molecule has 4 rings (SSSR count). The minimum atomic E-state index is -0.190. The quantitative estimate of drug-likeness (QED) is 0.744. The van der Waals surface area contributed by atoms with E-state index in [4.69, 9.17) is 17.3 Å². The van der Waals surface area contributed by atoms with Crippen molar-refractivity contribution in [3.63, 3.8) is 0 Å². The Labute approximate surface area is 137 Å². The van der Waals surface area contributed by atoms with Crippen molar-refractivity contribution in [1.82, 2.24) is 19.4 Å². The van der Waals surface area contributed by atoms with Crippen molar-refractivity contribution in [2.24, 2.45) is 0 Å². The monoisotopic (exact) mass is 327 g/mol. The maximum atomic E-state index is 12.6. The number of nitrogen functional groups attached to an aromatic ring is 1. The van der Waals surface area contributed by atoms with E-state index in [9.17, 15) is 4.79 Å². The number of halogens is 1. The molecule has 0 atom stereocenters. The predicted octanol–water partition coefficient (Wildman–Crippen LogP) is 2.32. The van der Waals surface area contributed by atoms with Gasteiger partial charge in [-0.15, -0.1) is 0 Å². The van der Waals surface area contributed by atoms with Crippen molar-refractivity contribution in [2.45, 2.75) is 13.1 Å².